The van der Waals surface area contributed by atoms with Gasteiger partial charge in [-0.05, 0) is 41.1 Å². The molecule has 0 saturated carbocycles. The van der Waals surface area contributed by atoms with Crippen LogP contribution in [0.25, 0.3) is 10.8 Å². The highest BCUT2D eigenvalue weighted by molar-refractivity contribution is 5.96. The Labute approximate surface area is 152 Å². The minimum atomic E-state index is -0.155. The summed E-state index contributed by atoms with van der Waals surface area (Å²) in [6, 6.07) is 21.2. The van der Waals surface area contributed by atoms with Crippen molar-refractivity contribution < 1.29 is 9.59 Å². The van der Waals surface area contributed by atoms with E-state index in [-0.39, 0.29) is 18.4 Å². The first-order valence-corrected chi connectivity index (χ1v) is 8.56. The van der Waals surface area contributed by atoms with E-state index in [1.54, 1.807) is 31.2 Å². The summed E-state index contributed by atoms with van der Waals surface area (Å²) >= 11 is 0. The molecule has 0 aliphatic heterocycles. The highest BCUT2D eigenvalue weighted by atomic mass is 16.2. The van der Waals surface area contributed by atoms with E-state index in [4.69, 9.17) is 0 Å². The first-order chi connectivity index (χ1) is 12.6. The van der Waals surface area contributed by atoms with Crippen molar-refractivity contribution in [3.8, 4) is 0 Å². The van der Waals surface area contributed by atoms with E-state index in [1.807, 2.05) is 36.4 Å². The van der Waals surface area contributed by atoms with Crippen LogP contribution in [0, 0.1) is 0 Å². The quantitative estimate of drug-likeness (QED) is 0.625. The van der Waals surface area contributed by atoms with Gasteiger partial charge in [-0.15, -0.1) is 0 Å². The van der Waals surface area contributed by atoms with Gasteiger partial charge in [0, 0.05) is 23.5 Å². The maximum atomic E-state index is 12.2. The van der Waals surface area contributed by atoms with E-state index in [0.717, 1.165) is 16.5 Å². The van der Waals surface area contributed by atoms with E-state index in [2.05, 4.69) is 22.0 Å². The fraction of sp³-hybridized carbons (Fsp3) is 0.143. The van der Waals surface area contributed by atoms with Crippen LogP contribution in [0.1, 0.15) is 13.3 Å². The van der Waals surface area contributed by atoms with Gasteiger partial charge in [0.2, 0.25) is 11.8 Å². The van der Waals surface area contributed by atoms with Crippen LogP contribution >= 0.6 is 0 Å². The number of fused-ring (bicyclic) bond motifs is 1. The number of benzene rings is 3. The SMILES string of the molecule is CCC(=O)Nc1cccc(NC(=O)CNc2ccc3ccccc3c2)c1. The summed E-state index contributed by atoms with van der Waals surface area (Å²) in [5.74, 6) is -0.219. The minimum absolute atomic E-state index is 0.0635. The van der Waals surface area contributed by atoms with E-state index in [0.29, 0.717) is 17.8 Å². The molecule has 0 saturated heterocycles. The summed E-state index contributed by atoms with van der Waals surface area (Å²) in [7, 11) is 0. The zero-order chi connectivity index (χ0) is 18.4. The molecule has 3 aromatic carbocycles. The number of hydrogen-bond donors (Lipinski definition) is 3. The van der Waals surface area contributed by atoms with Crippen molar-refractivity contribution in [2.45, 2.75) is 13.3 Å². The Bertz CT molecular complexity index is 937. The lowest BCUT2D eigenvalue weighted by Gasteiger charge is -2.10. The van der Waals surface area contributed by atoms with Crippen LogP contribution in [0.5, 0.6) is 0 Å². The molecule has 2 amide bonds. The molecular formula is C21H21N3O2. The van der Waals surface area contributed by atoms with Crippen LogP contribution < -0.4 is 16.0 Å². The summed E-state index contributed by atoms with van der Waals surface area (Å²) in [6.07, 6.45) is 0.409. The molecule has 5 heteroatoms. The van der Waals surface area contributed by atoms with Gasteiger partial charge in [-0.3, -0.25) is 9.59 Å². The van der Waals surface area contributed by atoms with Crippen molar-refractivity contribution >= 4 is 39.6 Å². The second kappa shape index (κ2) is 8.16. The molecule has 0 heterocycles. The van der Waals surface area contributed by atoms with Gasteiger partial charge in [0.25, 0.3) is 0 Å². The molecule has 0 aromatic heterocycles. The fourth-order valence-corrected chi connectivity index (χ4v) is 2.61. The molecule has 0 unspecified atom stereocenters. The Balaban J connectivity index is 1.58. The number of rotatable bonds is 6. The standard InChI is InChI=1S/C21H21N3O2/c1-2-20(25)23-18-8-5-9-19(13-18)24-21(26)14-22-17-11-10-15-6-3-4-7-16(15)12-17/h3-13,22H,2,14H2,1H3,(H,23,25)(H,24,26). The summed E-state index contributed by atoms with van der Waals surface area (Å²) in [4.78, 5) is 23.6. The van der Waals surface area contributed by atoms with Gasteiger partial charge in [-0.2, -0.15) is 0 Å². The highest BCUT2D eigenvalue weighted by Gasteiger charge is 2.05. The largest absolute Gasteiger partial charge is 0.376 e. The number of carbonyl (C=O) groups is 2. The van der Waals surface area contributed by atoms with Crippen LogP contribution in [0.15, 0.2) is 66.7 Å². The first kappa shape index (κ1) is 17.5. The van der Waals surface area contributed by atoms with Crippen molar-refractivity contribution in [1.29, 1.82) is 0 Å². The topological polar surface area (TPSA) is 70.2 Å². The minimum Gasteiger partial charge on any atom is -0.376 e. The van der Waals surface area contributed by atoms with Gasteiger partial charge >= 0.3 is 0 Å². The number of hydrogen-bond acceptors (Lipinski definition) is 3. The van der Waals surface area contributed by atoms with Crippen LogP contribution in [0.2, 0.25) is 0 Å². The number of carbonyl (C=O) groups excluding carboxylic acids is 2. The smallest absolute Gasteiger partial charge is 0.243 e. The first-order valence-electron chi connectivity index (χ1n) is 8.56. The van der Waals surface area contributed by atoms with Crippen LogP contribution in [-0.4, -0.2) is 18.4 Å². The third kappa shape index (κ3) is 4.60. The van der Waals surface area contributed by atoms with Gasteiger partial charge in [-0.25, -0.2) is 0 Å². The molecule has 0 fully saturated rings. The molecule has 0 spiro atoms. The molecule has 0 aliphatic rings. The van der Waals surface area contributed by atoms with Gasteiger partial charge < -0.3 is 16.0 Å². The Kier molecular flexibility index (Phi) is 5.49. The zero-order valence-electron chi connectivity index (χ0n) is 14.6. The lowest BCUT2D eigenvalue weighted by Crippen LogP contribution is -2.21. The van der Waals surface area contributed by atoms with E-state index < -0.39 is 0 Å². The normalized spacial score (nSPS) is 10.3. The van der Waals surface area contributed by atoms with Gasteiger partial charge in [-0.1, -0.05) is 43.3 Å². The third-order valence-corrected chi connectivity index (χ3v) is 3.95. The van der Waals surface area contributed by atoms with Crippen molar-refractivity contribution in [2.75, 3.05) is 22.5 Å². The average molecular weight is 347 g/mol. The summed E-state index contributed by atoms with van der Waals surface area (Å²) in [5, 5.41) is 11.0. The maximum absolute atomic E-state index is 12.2. The van der Waals surface area contributed by atoms with Crippen molar-refractivity contribution in [3.05, 3.63) is 66.7 Å². The Morgan fingerprint density at radius 3 is 2.15 bits per heavy atom. The van der Waals surface area contributed by atoms with E-state index >= 15 is 0 Å². The van der Waals surface area contributed by atoms with Crippen LogP contribution in [0.4, 0.5) is 17.1 Å². The summed E-state index contributed by atoms with van der Waals surface area (Å²) in [5.41, 5.74) is 2.20. The lowest BCUT2D eigenvalue weighted by molar-refractivity contribution is -0.116. The molecule has 0 bridgehead atoms. The molecule has 132 valence electrons. The molecule has 3 N–H and O–H groups in total. The average Bonchev–Trinajstić information content (AvgIpc) is 2.66. The van der Waals surface area contributed by atoms with Crippen LogP contribution in [0.3, 0.4) is 0 Å². The molecule has 0 atom stereocenters. The predicted octanol–water partition coefficient (Wildman–Crippen LogP) is 4.24. The molecule has 3 rings (SSSR count). The predicted molar refractivity (Wildman–Crippen MR) is 106 cm³/mol. The van der Waals surface area contributed by atoms with Gasteiger partial charge in [0.1, 0.15) is 0 Å². The second-order valence-electron chi connectivity index (χ2n) is 5.95. The molecule has 26 heavy (non-hydrogen) atoms. The van der Waals surface area contributed by atoms with Crippen LogP contribution in [-0.2, 0) is 9.59 Å². The Morgan fingerprint density at radius 1 is 0.731 bits per heavy atom. The molecule has 0 aliphatic carbocycles. The number of amides is 2. The Hall–Kier alpha value is -3.34. The van der Waals surface area contributed by atoms with Crippen molar-refractivity contribution in [1.82, 2.24) is 0 Å². The lowest BCUT2D eigenvalue weighted by atomic mass is 10.1. The second-order valence-corrected chi connectivity index (χ2v) is 5.95. The van der Waals surface area contributed by atoms with Gasteiger partial charge in [0.05, 0.1) is 6.54 Å². The number of nitrogens with one attached hydrogen (secondary N) is 3. The third-order valence-electron chi connectivity index (χ3n) is 3.95. The highest BCUT2D eigenvalue weighted by Crippen LogP contribution is 2.19. The van der Waals surface area contributed by atoms with E-state index in [1.165, 1.54) is 0 Å². The van der Waals surface area contributed by atoms with Crippen molar-refractivity contribution in [3.63, 3.8) is 0 Å². The maximum Gasteiger partial charge on any atom is 0.243 e. The van der Waals surface area contributed by atoms with Gasteiger partial charge in [0.15, 0.2) is 0 Å². The van der Waals surface area contributed by atoms with Crippen molar-refractivity contribution in [2.24, 2.45) is 0 Å². The molecular weight excluding hydrogens is 326 g/mol. The van der Waals surface area contributed by atoms with E-state index in [9.17, 15) is 9.59 Å². The zero-order valence-corrected chi connectivity index (χ0v) is 14.6. The number of anilines is 3. The molecule has 5 nitrogen and oxygen atoms in total. The molecule has 0 radical (unpaired) electrons. The monoisotopic (exact) mass is 347 g/mol. The molecule has 3 aromatic rings. The Morgan fingerprint density at radius 2 is 1.42 bits per heavy atom. The summed E-state index contributed by atoms with van der Waals surface area (Å²) in [6.45, 7) is 1.95. The fourth-order valence-electron chi connectivity index (χ4n) is 2.61. The summed E-state index contributed by atoms with van der Waals surface area (Å²) < 4.78 is 0.